The highest BCUT2D eigenvalue weighted by atomic mass is 19.4. The first-order valence-corrected chi connectivity index (χ1v) is 8.67. The Morgan fingerprint density at radius 1 is 1.15 bits per heavy atom. The number of halogens is 4. The van der Waals surface area contributed by atoms with Crippen molar-refractivity contribution in [2.45, 2.75) is 45.2 Å². The molecule has 1 N–H and O–H groups in total. The third-order valence-corrected chi connectivity index (χ3v) is 4.75. The van der Waals surface area contributed by atoms with Gasteiger partial charge in [-0.25, -0.2) is 4.39 Å². The van der Waals surface area contributed by atoms with Crippen LogP contribution in [0.3, 0.4) is 0 Å². The van der Waals surface area contributed by atoms with Crippen molar-refractivity contribution in [2.24, 2.45) is 0 Å². The molecule has 0 aliphatic rings. The topological polar surface area (TPSA) is 24.9 Å². The van der Waals surface area contributed by atoms with Gasteiger partial charge in [0.25, 0.3) is 0 Å². The number of benzene rings is 1. The molecule has 0 spiro atoms. The van der Waals surface area contributed by atoms with E-state index in [-0.39, 0.29) is 18.2 Å². The Kier molecular flexibility index (Phi) is 6.39. The lowest BCUT2D eigenvalue weighted by atomic mass is 9.89. The number of hydrogen-bond donors (Lipinski definition) is 1. The van der Waals surface area contributed by atoms with Gasteiger partial charge >= 0.3 is 6.18 Å². The van der Waals surface area contributed by atoms with Crippen LogP contribution in [-0.2, 0) is 0 Å². The van der Waals surface area contributed by atoms with E-state index >= 15 is 0 Å². The molecule has 0 amide bonds. The molecule has 142 valence electrons. The standard InChI is InChI=1S/C20H24F4N2/c1-5-12(2)16-10-18(17(11-25-4)20(22,23)24)26-19(13(16)3)14-6-8-15(21)9-7-14/h6-10,12,17,25H,5,11H2,1-4H3. The third kappa shape index (κ3) is 4.41. The molecule has 2 aromatic rings. The van der Waals surface area contributed by atoms with E-state index in [1.807, 2.05) is 20.8 Å². The second-order valence-corrected chi connectivity index (χ2v) is 6.58. The van der Waals surface area contributed by atoms with Gasteiger partial charge in [-0.2, -0.15) is 13.2 Å². The summed E-state index contributed by atoms with van der Waals surface area (Å²) in [5, 5.41) is 2.61. The molecule has 0 saturated heterocycles. The predicted octanol–water partition coefficient (Wildman–Crippen LogP) is 5.57. The van der Waals surface area contributed by atoms with E-state index in [2.05, 4.69) is 10.3 Å². The number of hydrogen-bond acceptors (Lipinski definition) is 2. The minimum atomic E-state index is -4.40. The van der Waals surface area contributed by atoms with Gasteiger partial charge in [0, 0.05) is 12.1 Å². The van der Waals surface area contributed by atoms with Crippen LogP contribution >= 0.6 is 0 Å². The van der Waals surface area contributed by atoms with Gasteiger partial charge in [-0.05, 0) is 67.8 Å². The minimum Gasteiger partial charge on any atom is -0.319 e. The number of nitrogens with zero attached hydrogens (tertiary/aromatic N) is 1. The molecule has 1 aromatic carbocycles. The molecule has 2 nitrogen and oxygen atoms in total. The molecule has 0 fully saturated rings. The molecule has 2 unspecified atom stereocenters. The van der Waals surface area contributed by atoms with E-state index < -0.39 is 17.9 Å². The quantitative estimate of drug-likeness (QED) is 0.674. The maximum atomic E-state index is 13.6. The number of alkyl halides is 3. The lowest BCUT2D eigenvalue weighted by molar-refractivity contribution is -0.150. The van der Waals surface area contributed by atoms with E-state index in [1.54, 1.807) is 18.2 Å². The summed E-state index contributed by atoms with van der Waals surface area (Å²) >= 11 is 0. The van der Waals surface area contributed by atoms with Gasteiger partial charge in [-0.15, -0.1) is 0 Å². The zero-order valence-corrected chi connectivity index (χ0v) is 15.4. The van der Waals surface area contributed by atoms with Crippen molar-refractivity contribution in [3.8, 4) is 11.3 Å². The van der Waals surface area contributed by atoms with Crippen molar-refractivity contribution in [3.05, 3.63) is 53.0 Å². The Hall–Kier alpha value is -1.95. The van der Waals surface area contributed by atoms with Crippen molar-refractivity contribution in [1.29, 1.82) is 0 Å². The lowest BCUT2D eigenvalue weighted by Gasteiger charge is -2.24. The predicted molar refractivity (Wildman–Crippen MR) is 95.8 cm³/mol. The van der Waals surface area contributed by atoms with Gasteiger partial charge in [0.15, 0.2) is 0 Å². The molecule has 1 aromatic heterocycles. The van der Waals surface area contributed by atoms with Gasteiger partial charge in [0.1, 0.15) is 11.7 Å². The Bertz CT molecular complexity index is 739. The van der Waals surface area contributed by atoms with Crippen LogP contribution in [0.25, 0.3) is 11.3 Å². The van der Waals surface area contributed by atoms with Crippen LogP contribution in [0.2, 0.25) is 0 Å². The first-order chi connectivity index (χ1) is 12.2. The van der Waals surface area contributed by atoms with Crippen LogP contribution in [0.4, 0.5) is 17.6 Å². The van der Waals surface area contributed by atoms with Crippen molar-refractivity contribution in [3.63, 3.8) is 0 Å². The van der Waals surface area contributed by atoms with Crippen molar-refractivity contribution < 1.29 is 17.6 Å². The third-order valence-electron chi connectivity index (χ3n) is 4.75. The smallest absolute Gasteiger partial charge is 0.319 e. The monoisotopic (exact) mass is 368 g/mol. The van der Waals surface area contributed by atoms with Crippen LogP contribution in [0.15, 0.2) is 30.3 Å². The molecule has 0 saturated carbocycles. The highest BCUT2D eigenvalue weighted by molar-refractivity contribution is 5.65. The second kappa shape index (κ2) is 8.16. The average molecular weight is 368 g/mol. The molecular weight excluding hydrogens is 344 g/mol. The molecule has 6 heteroatoms. The maximum absolute atomic E-state index is 13.6. The largest absolute Gasteiger partial charge is 0.398 e. The molecule has 0 bridgehead atoms. The maximum Gasteiger partial charge on any atom is 0.398 e. The van der Waals surface area contributed by atoms with Crippen LogP contribution < -0.4 is 5.32 Å². The van der Waals surface area contributed by atoms with Crippen LogP contribution in [0.5, 0.6) is 0 Å². The van der Waals surface area contributed by atoms with Crippen molar-refractivity contribution in [1.82, 2.24) is 10.3 Å². The van der Waals surface area contributed by atoms with Gasteiger partial charge in [0.2, 0.25) is 0 Å². The number of aromatic nitrogens is 1. The van der Waals surface area contributed by atoms with Crippen LogP contribution in [0.1, 0.15) is 48.9 Å². The summed E-state index contributed by atoms with van der Waals surface area (Å²) in [5.41, 5.74) is 2.76. The number of rotatable bonds is 6. The number of likely N-dealkylation sites (N-methyl/N-ethyl adjacent to an activating group) is 1. The number of pyridine rings is 1. The summed E-state index contributed by atoms with van der Waals surface area (Å²) in [6.45, 7) is 5.60. The van der Waals surface area contributed by atoms with Gasteiger partial charge in [-0.1, -0.05) is 13.8 Å². The summed E-state index contributed by atoms with van der Waals surface area (Å²) in [6, 6.07) is 7.26. The summed E-state index contributed by atoms with van der Waals surface area (Å²) in [4.78, 5) is 4.35. The van der Waals surface area contributed by atoms with E-state index in [9.17, 15) is 17.6 Å². The molecule has 2 atom stereocenters. The second-order valence-electron chi connectivity index (χ2n) is 6.58. The SMILES string of the molecule is CCC(C)c1cc(C(CNC)C(F)(F)F)nc(-c2ccc(F)cc2)c1C. The zero-order valence-electron chi connectivity index (χ0n) is 15.4. The molecule has 0 aliphatic carbocycles. The van der Waals surface area contributed by atoms with Crippen LogP contribution in [-0.4, -0.2) is 24.8 Å². The van der Waals surface area contributed by atoms with Gasteiger partial charge in [0.05, 0.1) is 11.4 Å². The fourth-order valence-electron chi connectivity index (χ4n) is 3.04. The van der Waals surface area contributed by atoms with Crippen molar-refractivity contribution >= 4 is 0 Å². The first-order valence-electron chi connectivity index (χ1n) is 8.67. The van der Waals surface area contributed by atoms with E-state index in [1.165, 1.54) is 19.2 Å². The molecule has 0 aliphatic heterocycles. The molecule has 2 rings (SSSR count). The fraction of sp³-hybridized carbons (Fsp3) is 0.450. The minimum absolute atomic E-state index is 0.00734. The zero-order chi connectivity index (χ0) is 19.5. The summed E-state index contributed by atoms with van der Waals surface area (Å²) in [6.07, 6.45) is -3.60. The summed E-state index contributed by atoms with van der Waals surface area (Å²) in [5.74, 6) is -2.00. The van der Waals surface area contributed by atoms with Gasteiger partial charge in [-0.3, -0.25) is 4.98 Å². The Labute approximate surface area is 151 Å². The first kappa shape index (κ1) is 20.4. The van der Waals surface area contributed by atoms with Crippen molar-refractivity contribution in [2.75, 3.05) is 13.6 Å². The molecule has 1 heterocycles. The molecule has 0 radical (unpaired) electrons. The van der Waals surface area contributed by atoms with E-state index in [0.29, 0.717) is 11.3 Å². The summed E-state index contributed by atoms with van der Waals surface area (Å²) < 4.78 is 53.9. The highest BCUT2D eigenvalue weighted by Gasteiger charge is 2.41. The van der Waals surface area contributed by atoms with Gasteiger partial charge < -0.3 is 5.32 Å². The molecular formula is C20H24F4N2. The lowest BCUT2D eigenvalue weighted by Crippen LogP contribution is -2.31. The van der Waals surface area contributed by atoms with E-state index in [4.69, 9.17) is 0 Å². The number of nitrogens with one attached hydrogen (secondary N) is 1. The Morgan fingerprint density at radius 3 is 2.27 bits per heavy atom. The molecule has 26 heavy (non-hydrogen) atoms. The normalized spacial score (nSPS) is 14.3. The fourth-order valence-corrected chi connectivity index (χ4v) is 3.04. The highest BCUT2D eigenvalue weighted by Crippen LogP contribution is 2.38. The van der Waals surface area contributed by atoms with Crippen LogP contribution in [0, 0.1) is 12.7 Å². The average Bonchev–Trinajstić information content (AvgIpc) is 2.59. The Morgan fingerprint density at radius 2 is 1.77 bits per heavy atom. The summed E-state index contributed by atoms with van der Waals surface area (Å²) in [7, 11) is 1.49. The Balaban J connectivity index is 2.69. The van der Waals surface area contributed by atoms with E-state index in [0.717, 1.165) is 17.5 Å².